The SMILES string of the molecule is O=C([O-])CCCCN1CCN(CC(=O)[O-])CCN(CC(=O)[O-])CCN(CC(=O)[O-])CC1.[La+3].[Na+]. The summed E-state index contributed by atoms with van der Waals surface area (Å²) < 4.78 is 0. The topological polar surface area (TPSA) is 173 Å². The number of carboxylic acid groups (broad SMARTS) is 4. The fraction of sp³-hybridized carbons (Fsp3) is 0.789. The molecule has 0 saturated carbocycles. The second-order valence-corrected chi connectivity index (χ2v) is 7.62. The molecule has 0 radical (unpaired) electrons. The van der Waals surface area contributed by atoms with Crippen LogP contribution in [-0.2, 0) is 19.2 Å². The van der Waals surface area contributed by atoms with Gasteiger partial charge in [0.25, 0.3) is 0 Å². The van der Waals surface area contributed by atoms with Gasteiger partial charge in [0.1, 0.15) is 0 Å². The molecule has 0 aromatic heterocycles. The summed E-state index contributed by atoms with van der Waals surface area (Å²) in [5, 5.41) is 43.8. The molecule has 1 aliphatic rings. The van der Waals surface area contributed by atoms with Crippen LogP contribution < -0.4 is 50.0 Å². The second-order valence-electron chi connectivity index (χ2n) is 7.62. The van der Waals surface area contributed by atoms with Crippen LogP contribution in [-0.4, -0.2) is 122 Å². The van der Waals surface area contributed by atoms with Crippen LogP contribution in [0.1, 0.15) is 19.3 Å². The van der Waals surface area contributed by atoms with E-state index in [1.807, 2.05) is 4.90 Å². The fourth-order valence-electron chi connectivity index (χ4n) is 3.43. The van der Waals surface area contributed by atoms with Crippen LogP contribution >= 0.6 is 0 Å². The van der Waals surface area contributed by atoms with Crippen molar-refractivity contribution in [2.75, 3.05) is 78.5 Å². The Morgan fingerprint density at radius 3 is 1.09 bits per heavy atom. The van der Waals surface area contributed by atoms with Crippen LogP contribution in [0, 0.1) is 35.6 Å². The molecule has 12 nitrogen and oxygen atoms in total. The van der Waals surface area contributed by atoms with Gasteiger partial charge in [-0.05, 0) is 25.8 Å². The minimum atomic E-state index is -1.27. The number of carbonyl (C=O) groups is 4. The molecule has 0 unspecified atom stereocenters. The number of unbranched alkanes of at least 4 members (excludes halogenated alkanes) is 1. The van der Waals surface area contributed by atoms with Gasteiger partial charge in [-0.15, -0.1) is 0 Å². The summed E-state index contributed by atoms with van der Waals surface area (Å²) in [4.78, 5) is 50.7. The normalized spacial score (nSPS) is 17.6. The Balaban J connectivity index is 0. The van der Waals surface area contributed by atoms with Crippen LogP contribution in [0.15, 0.2) is 0 Å². The van der Waals surface area contributed by atoms with E-state index in [1.54, 1.807) is 14.7 Å². The molecule has 14 heteroatoms. The van der Waals surface area contributed by atoms with Gasteiger partial charge < -0.3 is 44.5 Å². The van der Waals surface area contributed by atoms with Gasteiger partial charge in [-0.1, -0.05) is 0 Å². The second kappa shape index (κ2) is 20.1. The Morgan fingerprint density at radius 1 is 0.515 bits per heavy atom. The zero-order chi connectivity index (χ0) is 23.2. The first-order valence-corrected chi connectivity index (χ1v) is 10.3. The number of carboxylic acids is 4. The molecule has 0 bridgehead atoms. The fourth-order valence-corrected chi connectivity index (χ4v) is 3.43. The van der Waals surface area contributed by atoms with Gasteiger partial charge in [-0.3, -0.25) is 14.7 Å². The van der Waals surface area contributed by atoms with E-state index in [9.17, 15) is 39.6 Å². The third-order valence-corrected chi connectivity index (χ3v) is 5.09. The van der Waals surface area contributed by atoms with Gasteiger partial charge in [-0.2, -0.15) is 0 Å². The van der Waals surface area contributed by atoms with E-state index in [0.717, 1.165) is 0 Å². The Labute approximate surface area is 244 Å². The van der Waals surface area contributed by atoms with E-state index in [4.69, 9.17) is 0 Å². The summed E-state index contributed by atoms with van der Waals surface area (Å²) in [6, 6.07) is 0. The summed E-state index contributed by atoms with van der Waals surface area (Å²) in [5.41, 5.74) is 0. The third-order valence-electron chi connectivity index (χ3n) is 5.09. The summed E-state index contributed by atoms with van der Waals surface area (Å²) in [6.07, 6.45) is 1.01. The average Bonchev–Trinajstić information content (AvgIpc) is 2.65. The number of nitrogens with zero attached hydrogens (tertiary/aromatic N) is 4. The van der Waals surface area contributed by atoms with Crippen molar-refractivity contribution in [2.45, 2.75) is 19.3 Å². The summed E-state index contributed by atoms with van der Waals surface area (Å²) in [5.74, 6) is -4.86. The molecule has 0 N–H and O–H groups in total. The molecule has 178 valence electrons. The minimum Gasteiger partial charge on any atom is -0.550 e. The first kappa shape index (κ1) is 35.1. The molecule has 1 saturated heterocycles. The van der Waals surface area contributed by atoms with Crippen LogP contribution in [0.3, 0.4) is 0 Å². The van der Waals surface area contributed by atoms with Gasteiger partial charge in [0.05, 0.1) is 17.9 Å². The molecule has 0 aromatic carbocycles. The molecular weight excluding hydrogens is 574 g/mol. The number of rotatable bonds is 11. The van der Waals surface area contributed by atoms with E-state index in [-0.39, 0.29) is 104 Å². The number of aliphatic carboxylic acids is 4. The van der Waals surface area contributed by atoms with E-state index in [2.05, 4.69) is 0 Å². The number of hydrogen-bond acceptors (Lipinski definition) is 12. The van der Waals surface area contributed by atoms with Crippen molar-refractivity contribution < 1.29 is 105 Å². The first-order valence-electron chi connectivity index (χ1n) is 10.3. The molecule has 1 rings (SSSR count). The van der Waals surface area contributed by atoms with Gasteiger partial charge >= 0.3 is 65.2 Å². The van der Waals surface area contributed by atoms with Gasteiger partial charge in [0.15, 0.2) is 0 Å². The van der Waals surface area contributed by atoms with Crippen LogP contribution in [0.5, 0.6) is 0 Å². The van der Waals surface area contributed by atoms with Crippen molar-refractivity contribution >= 4 is 23.9 Å². The standard InChI is InChI=1S/C19H34N4O8.La.Na/c24-16(25)3-1-2-4-20-5-7-21(13-17(26)27)9-11-23(15-19(30)31)12-10-22(8-6-20)14-18(28)29;;/h1-15H2,(H,24,25)(H,26,27)(H,28,29)(H,30,31);;/q;+3;+1/p-4. The molecule has 1 fully saturated rings. The summed E-state index contributed by atoms with van der Waals surface area (Å²) >= 11 is 0. The van der Waals surface area contributed by atoms with Crippen LogP contribution in [0.2, 0.25) is 0 Å². The maximum absolute atomic E-state index is 11.1. The van der Waals surface area contributed by atoms with E-state index in [1.165, 1.54) is 0 Å². The zero-order valence-corrected chi connectivity index (χ0v) is 24.9. The molecular formula is C19H30LaN4NaO8. The van der Waals surface area contributed by atoms with Crippen molar-refractivity contribution in [3.8, 4) is 0 Å². The van der Waals surface area contributed by atoms with Crippen molar-refractivity contribution in [1.29, 1.82) is 0 Å². The minimum absolute atomic E-state index is 0. The molecule has 1 heterocycles. The third kappa shape index (κ3) is 18.9. The summed E-state index contributed by atoms with van der Waals surface area (Å²) in [6.45, 7) is 2.49. The van der Waals surface area contributed by atoms with Crippen LogP contribution in [0.25, 0.3) is 0 Å². The summed E-state index contributed by atoms with van der Waals surface area (Å²) in [7, 11) is 0. The molecule has 1 aliphatic heterocycles. The average molecular weight is 604 g/mol. The molecule has 0 amide bonds. The Bertz CT molecular complexity index is 584. The molecule has 0 aliphatic carbocycles. The maximum Gasteiger partial charge on any atom is 3.00 e. The van der Waals surface area contributed by atoms with Crippen molar-refractivity contribution in [2.24, 2.45) is 0 Å². The van der Waals surface area contributed by atoms with Crippen molar-refractivity contribution in [1.82, 2.24) is 19.6 Å². The molecule has 0 spiro atoms. The predicted octanol–water partition coefficient (Wildman–Crippen LogP) is -9.62. The smallest absolute Gasteiger partial charge is 0.550 e. The van der Waals surface area contributed by atoms with E-state index in [0.29, 0.717) is 58.7 Å². The quantitative estimate of drug-likeness (QED) is 0.161. The largest absolute Gasteiger partial charge is 3.00 e. The van der Waals surface area contributed by atoms with E-state index >= 15 is 0 Å². The molecule has 33 heavy (non-hydrogen) atoms. The van der Waals surface area contributed by atoms with Gasteiger partial charge in [0, 0.05) is 78.0 Å². The van der Waals surface area contributed by atoms with Gasteiger partial charge in [-0.25, -0.2) is 0 Å². The monoisotopic (exact) mass is 604 g/mol. The Morgan fingerprint density at radius 2 is 0.818 bits per heavy atom. The van der Waals surface area contributed by atoms with Gasteiger partial charge in [0.2, 0.25) is 0 Å². The number of carbonyl (C=O) groups excluding carboxylic acids is 4. The zero-order valence-electron chi connectivity index (χ0n) is 19.2. The van der Waals surface area contributed by atoms with Crippen molar-refractivity contribution in [3.63, 3.8) is 0 Å². The maximum atomic E-state index is 11.1. The van der Waals surface area contributed by atoms with Crippen molar-refractivity contribution in [3.05, 3.63) is 0 Å². The predicted molar refractivity (Wildman–Crippen MR) is 99.6 cm³/mol. The number of hydrogen-bond donors (Lipinski definition) is 0. The Hall–Kier alpha value is -0.0852. The molecule has 0 atom stereocenters. The first-order chi connectivity index (χ1) is 14.7. The molecule has 0 aromatic rings. The van der Waals surface area contributed by atoms with E-state index < -0.39 is 23.9 Å². The Kier molecular flexibility index (Phi) is 21.4. The van der Waals surface area contributed by atoms with Crippen LogP contribution in [0.4, 0.5) is 0 Å².